The summed E-state index contributed by atoms with van der Waals surface area (Å²) < 4.78 is 10.7. The summed E-state index contributed by atoms with van der Waals surface area (Å²) in [4.78, 5) is 37.4. The lowest BCUT2D eigenvalue weighted by atomic mass is 9.98. The van der Waals surface area contributed by atoms with E-state index in [1.807, 2.05) is 36.4 Å². The van der Waals surface area contributed by atoms with Gasteiger partial charge in [0.05, 0.1) is 6.54 Å². The minimum Gasteiger partial charge on any atom is -0.479 e. The second-order valence-corrected chi connectivity index (χ2v) is 8.61. The first-order valence-electron chi connectivity index (χ1n) is 11.2. The Morgan fingerprint density at radius 1 is 1.12 bits per heavy atom. The van der Waals surface area contributed by atoms with Crippen molar-refractivity contribution in [1.82, 2.24) is 10.2 Å². The van der Waals surface area contributed by atoms with Crippen molar-refractivity contribution in [3.8, 4) is 11.1 Å². The van der Waals surface area contributed by atoms with Crippen LogP contribution in [0.15, 0.2) is 48.5 Å². The van der Waals surface area contributed by atoms with Crippen LogP contribution in [0.25, 0.3) is 11.1 Å². The fourth-order valence-corrected chi connectivity index (χ4v) is 4.66. The number of carbonyl (C=O) groups excluding carboxylic acids is 2. The molecule has 2 aliphatic rings. The molecule has 2 aromatic rings. The third-order valence-corrected chi connectivity index (χ3v) is 6.54. The Bertz CT molecular complexity index is 1040. The van der Waals surface area contributed by atoms with Crippen LogP contribution in [0, 0.1) is 0 Å². The summed E-state index contributed by atoms with van der Waals surface area (Å²) in [5.41, 5.74) is 2.59. The Morgan fingerprint density at radius 2 is 1.74 bits per heavy atom. The van der Waals surface area contributed by atoms with Crippen molar-refractivity contribution >= 4 is 18.0 Å². The molecule has 0 bridgehead atoms. The molecule has 9 heteroatoms. The number of rotatable bonds is 8. The van der Waals surface area contributed by atoms with Gasteiger partial charge in [0.1, 0.15) is 12.7 Å². The number of alkyl carbamates (subject to hydrolysis) is 1. The highest BCUT2D eigenvalue weighted by Crippen LogP contribution is 2.44. The largest absolute Gasteiger partial charge is 0.479 e. The topological polar surface area (TPSA) is 125 Å². The van der Waals surface area contributed by atoms with Crippen LogP contribution in [-0.4, -0.2) is 78.1 Å². The first-order valence-corrected chi connectivity index (χ1v) is 11.2. The quantitative estimate of drug-likeness (QED) is 0.541. The molecule has 0 spiro atoms. The van der Waals surface area contributed by atoms with Gasteiger partial charge >= 0.3 is 12.1 Å². The molecule has 1 fully saturated rings. The van der Waals surface area contributed by atoms with Crippen LogP contribution < -0.4 is 5.32 Å². The first-order chi connectivity index (χ1) is 16.3. The minimum absolute atomic E-state index is 0.0392. The lowest BCUT2D eigenvalue weighted by molar-refractivity contribution is -0.158. The molecule has 0 aromatic heterocycles. The number of hydrogen-bond donors (Lipinski definition) is 3. The highest BCUT2D eigenvalue weighted by atomic mass is 16.5. The highest BCUT2D eigenvalue weighted by molar-refractivity contribution is 5.84. The monoisotopic (exact) mass is 468 g/mol. The van der Waals surface area contributed by atoms with Crippen LogP contribution in [0.5, 0.6) is 0 Å². The maximum atomic E-state index is 12.6. The molecule has 2 atom stereocenters. The molecule has 1 saturated heterocycles. The molecule has 1 aliphatic heterocycles. The molecule has 1 aliphatic carbocycles. The summed E-state index contributed by atoms with van der Waals surface area (Å²) in [5.74, 6) is -1.82. The van der Waals surface area contributed by atoms with Gasteiger partial charge in [-0.15, -0.1) is 0 Å². The van der Waals surface area contributed by atoms with E-state index in [1.165, 1.54) is 12.0 Å². The number of carboxylic acid groups (broad SMARTS) is 1. The number of carboxylic acids is 1. The van der Waals surface area contributed by atoms with Gasteiger partial charge in [0, 0.05) is 39.0 Å². The number of aliphatic carboxylic acids is 1. The number of nitrogens with one attached hydrogen (secondary N) is 1. The lowest BCUT2D eigenvalue weighted by Crippen LogP contribution is -2.45. The zero-order valence-corrected chi connectivity index (χ0v) is 18.9. The zero-order chi connectivity index (χ0) is 24.3. The van der Waals surface area contributed by atoms with E-state index >= 15 is 0 Å². The molecule has 0 saturated carbocycles. The van der Waals surface area contributed by atoms with Gasteiger partial charge in [0.15, 0.2) is 5.60 Å². The number of likely N-dealkylation sites (tertiary alicyclic amines) is 1. The molecule has 34 heavy (non-hydrogen) atoms. The number of fused-ring (bicyclic) bond motifs is 3. The van der Waals surface area contributed by atoms with Gasteiger partial charge in [-0.05, 0) is 22.3 Å². The number of β-amino-alcohol motifs (C(OH)–C–C–N with tert-alkyl or cyclic N) is 1. The minimum atomic E-state index is -1.94. The molecule has 0 radical (unpaired) electrons. The molecular formula is C25H28N2O7. The third-order valence-electron chi connectivity index (χ3n) is 6.54. The van der Waals surface area contributed by atoms with E-state index in [2.05, 4.69) is 17.4 Å². The van der Waals surface area contributed by atoms with Crippen molar-refractivity contribution in [3.63, 3.8) is 0 Å². The van der Waals surface area contributed by atoms with E-state index in [-0.39, 0.29) is 45.0 Å². The molecule has 180 valence electrons. The number of ether oxygens (including phenoxy) is 2. The van der Waals surface area contributed by atoms with Crippen molar-refractivity contribution in [3.05, 3.63) is 59.7 Å². The summed E-state index contributed by atoms with van der Waals surface area (Å²) in [6.07, 6.45) is -1.32. The van der Waals surface area contributed by atoms with Crippen molar-refractivity contribution < 1.29 is 34.1 Å². The van der Waals surface area contributed by atoms with Gasteiger partial charge in [-0.1, -0.05) is 48.5 Å². The fraction of sp³-hybridized carbons (Fsp3) is 0.400. The second-order valence-electron chi connectivity index (χ2n) is 8.61. The van der Waals surface area contributed by atoms with Crippen LogP contribution in [-0.2, 0) is 19.1 Å². The number of carbonyl (C=O) groups is 3. The van der Waals surface area contributed by atoms with Crippen LogP contribution in [0.1, 0.15) is 29.9 Å². The van der Waals surface area contributed by atoms with Gasteiger partial charge in [-0.2, -0.15) is 0 Å². The van der Waals surface area contributed by atoms with Gasteiger partial charge < -0.3 is 29.9 Å². The van der Waals surface area contributed by atoms with Crippen LogP contribution in [0.2, 0.25) is 0 Å². The molecule has 9 nitrogen and oxygen atoms in total. The molecule has 2 unspecified atom stereocenters. The first kappa shape index (κ1) is 23.7. The zero-order valence-electron chi connectivity index (χ0n) is 18.9. The predicted octanol–water partition coefficient (Wildman–Crippen LogP) is 1.98. The molecular weight excluding hydrogens is 440 g/mol. The van der Waals surface area contributed by atoms with E-state index in [1.54, 1.807) is 0 Å². The Balaban J connectivity index is 1.27. The summed E-state index contributed by atoms with van der Waals surface area (Å²) in [6, 6.07) is 16.1. The van der Waals surface area contributed by atoms with Gasteiger partial charge in [-0.3, -0.25) is 4.79 Å². The number of amides is 2. The van der Waals surface area contributed by atoms with Crippen molar-refractivity contribution in [2.24, 2.45) is 0 Å². The number of hydrogen-bond acceptors (Lipinski definition) is 6. The standard InChI is InChI=1S/C25H28N2O7/c1-33-21(22(28)27-13-11-25(32,15-27)23(29)30)10-12-26-24(31)34-14-20-18-8-4-2-6-16(18)17-7-3-5-9-19(17)20/h2-9,20-21,32H,10-15H2,1H3,(H,26,31)(H,29,30). The number of aliphatic hydroxyl groups is 1. The van der Waals surface area contributed by atoms with Crippen molar-refractivity contribution in [2.45, 2.75) is 30.5 Å². The lowest BCUT2D eigenvalue weighted by Gasteiger charge is -2.23. The predicted molar refractivity (Wildman–Crippen MR) is 122 cm³/mol. The Hall–Kier alpha value is -3.43. The molecule has 4 rings (SSSR count). The average molecular weight is 469 g/mol. The summed E-state index contributed by atoms with van der Waals surface area (Å²) in [6.45, 7) is 0.161. The van der Waals surface area contributed by atoms with Crippen molar-refractivity contribution in [1.29, 1.82) is 0 Å². The highest BCUT2D eigenvalue weighted by Gasteiger charge is 2.45. The molecule has 1 heterocycles. The summed E-state index contributed by atoms with van der Waals surface area (Å²) in [7, 11) is 1.37. The Kier molecular flexibility index (Phi) is 6.85. The normalized spacial score (nSPS) is 19.9. The maximum Gasteiger partial charge on any atom is 0.407 e. The summed E-state index contributed by atoms with van der Waals surface area (Å²) >= 11 is 0. The van der Waals surface area contributed by atoms with Crippen LogP contribution in [0.3, 0.4) is 0 Å². The Morgan fingerprint density at radius 3 is 2.29 bits per heavy atom. The van der Waals surface area contributed by atoms with Gasteiger partial charge in [0.25, 0.3) is 5.91 Å². The number of nitrogens with zero attached hydrogens (tertiary/aromatic N) is 1. The second kappa shape index (κ2) is 9.82. The molecule has 2 amide bonds. The fourth-order valence-electron chi connectivity index (χ4n) is 4.66. The smallest absolute Gasteiger partial charge is 0.407 e. The maximum absolute atomic E-state index is 12.6. The van der Waals surface area contributed by atoms with E-state index in [9.17, 15) is 19.5 Å². The van der Waals surface area contributed by atoms with E-state index in [4.69, 9.17) is 14.6 Å². The summed E-state index contributed by atoms with van der Waals surface area (Å²) in [5, 5.41) is 21.8. The van der Waals surface area contributed by atoms with E-state index in [0.29, 0.717) is 0 Å². The Labute approximate surface area is 197 Å². The van der Waals surface area contributed by atoms with Gasteiger partial charge in [0.2, 0.25) is 0 Å². The number of benzene rings is 2. The third kappa shape index (κ3) is 4.62. The van der Waals surface area contributed by atoms with Crippen LogP contribution >= 0.6 is 0 Å². The van der Waals surface area contributed by atoms with E-state index < -0.39 is 29.7 Å². The number of methoxy groups -OCH3 is 1. The average Bonchev–Trinajstić information content (AvgIpc) is 3.40. The van der Waals surface area contributed by atoms with Gasteiger partial charge in [-0.25, -0.2) is 9.59 Å². The van der Waals surface area contributed by atoms with Crippen LogP contribution in [0.4, 0.5) is 4.79 Å². The molecule has 2 aromatic carbocycles. The van der Waals surface area contributed by atoms with E-state index in [0.717, 1.165) is 22.3 Å². The molecule has 3 N–H and O–H groups in total. The van der Waals surface area contributed by atoms with Crippen molar-refractivity contribution in [2.75, 3.05) is 33.4 Å². The SMILES string of the molecule is COC(CCNC(=O)OCC1c2ccccc2-c2ccccc21)C(=O)N1CCC(O)(C(=O)O)C1.